The van der Waals surface area contributed by atoms with E-state index in [0.717, 1.165) is 46.5 Å². The lowest BCUT2D eigenvalue weighted by Crippen LogP contribution is -2.44. The van der Waals surface area contributed by atoms with Crippen LogP contribution in [-0.2, 0) is 17.8 Å². The molecule has 0 fully saturated rings. The second-order valence-electron chi connectivity index (χ2n) is 7.90. The number of nitrogens with zero attached hydrogens (tertiary/aromatic N) is 2. The number of fused-ring (bicyclic) bond motifs is 1. The van der Waals surface area contributed by atoms with Crippen molar-refractivity contribution in [3.8, 4) is 16.9 Å². The number of ether oxygens (including phenoxy) is 1. The first-order valence-electron chi connectivity index (χ1n) is 10.4. The van der Waals surface area contributed by atoms with E-state index >= 15 is 0 Å². The van der Waals surface area contributed by atoms with Gasteiger partial charge in [0.2, 0.25) is 5.91 Å². The molecule has 2 heterocycles. The molecule has 1 aliphatic rings. The molecule has 6 heteroatoms. The van der Waals surface area contributed by atoms with Crippen LogP contribution in [0, 0.1) is 6.92 Å². The summed E-state index contributed by atoms with van der Waals surface area (Å²) >= 11 is 3.55. The van der Waals surface area contributed by atoms with Gasteiger partial charge in [0.25, 0.3) is 0 Å². The van der Waals surface area contributed by atoms with Crippen LogP contribution in [0.15, 0.2) is 59.2 Å². The van der Waals surface area contributed by atoms with Crippen LogP contribution in [0.25, 0.3) is 11.1 Å². The third-order valence-electron chi connectivity index (χ3n) is 5.81. The number of anilines is 1. The quantitative estimate of drug-likeness (QED) is 0.545. The third kappa shape index (κ3) is 4.81. The Bertz CT molecular complexity index is 1120. The van der Waals surface area contributed by atoms with Gasteiger partial charge in [0.15, 0.2) is 0 Å². The normalized spacial score (nSPS) is 14.6. The molecule has 1 unspecified atom stereocenters. The predicted molar refractivity (Wildman–Crippen MR) is 127 cm³/mol. The average Bonchev–Trinajstić information content (AvgIpc) is 2.77. The largest absolute Gasteiger partial charge is 0.496 e. The summed E-state index contributed by atoms with van der Waals surface area (Å²) in [6.45, 7) is 5.56. The molecule has 1 aromatic heterocycles. The van der Waals surface area contributed by atoms with Gasteiger partial charge in [0.1, 0.15) is 5.75 Å². The number of aryl methyl sites for hydroxylation is 1. The molecule has 0 spiro atoms. The van der Waals surface area contributed by atoms with E-state index in [2.05, 4.69) is 49.3 Å². The molecule has 31 heavy (non-hydrogen) atoms. The van der Waals surface area contributed by atoms with Gasteiger partial charge in [-0.1, -0.05) is 22.0 Å². The second kappa shape index (κ2) is 9.20. The maximum absolute atomic E-state index is 13.0. The third-order valence-corrected chi connectivity index (χ3v) is 6.31. The van der Waals surface area contributed by atoms with Crippen molar-refractivity contribution in [1.29, 1.82) is 0 Å². The van der Waals surface area contributed by atoms with Crippen molar-refractivity contribution in [3.05, 3.63) is 76.0 Å². The monoisotopic (exact) mass is 479 g/mol. The Kier molecular flexibility index (Phi) is 6.39. The van der Waals surface area contributed by atoms with Crippen molar-refractivity contribution in [1.82, 2.24) is 9.88 Å². The standard InChI is InChI=1S/C25H26BrN3O2/c1-16-12-19(8-10-27-16)23-7-6-22(14-24(23)31-3)28-25(30)17(2)29-11-9-18-4-5-21(26)13-20(18)15-29/h4-8,10,12-14,17H,9,11,15H2,1-3H3,(H,28,30). The van der Waals surface area contributed by atoms with Crippen molar-refractivity contribution in [2.24, 2.45) is 0 Å². The summed E-state index contributed by atoms with van der Waals surface area (Å²) in [6, 6.07) is 15.9. The van der Waals surface area contributed by atoms with Crippen LogP contribution in [0.4, 0.5) is 5.69 Å². The van der Waals surface area contributed by atoms with E-state index in [1.807, 2.05) is 44.2 Å². The van der Waals surface area contributed by atoms with Crippen molar-refractivity contribution >= 4 is 27.5 Å². The summed E-state index contributed by atoms with van der Waals surface area (Å²) in [7, 11) is 1.64. The van der Waals surface area contributed by atoms with E-state index in [-0.39, 0.29) is 11.9 Å². The van der Waals surface area contributed by atoms with Gasteiger partial charge in [-0.05, 0) is 73.4 Å². The topological polar surface area (TPSA) is 54.5 Å². The lowest BCUT2D eigenvalue weighted by Gasteiger charge is -2.33. The van der Waals surface area contributed by atoms with Crippen molar-refractivity contribution in [3.63, 3.8) is 0 Å². The number of benzene rings is 2. The van der Waals surface area contributed by atoms with Gasteiger partial charge in [-0.3, -0.25) is 14.7 Å². The highest BCUT2D eigenvalue weighted by Gasteiger charge is 2.25. The molecule has 0 saturated heterocycles. The van der Waals surface area contributed by atoms with E-state index < -0.39 is 0 Å². The molecule has 0 radical (unpaired) electrons. The van der Waals surface area contributed by atoms with Gasteiger partial charge in [-0.25, -0.2) is 0 Å². The first kappa shape index (κ1) is 21.5. The number of carbonyl (C=O) groups is 1. The first-order chi connectivity index (χ1) is 14.9. The summed E-state index contributed by atoms with van der Waals surface area (Å²) in [5.74, 6) is 0.695. The Labute approximate surface area is 191 Å². The zero-order valence-electron chi connectivity index (χ0n) is 18.0. The number of hydrogen-bond acceptors (Lipinski definition) is 4. The highest BCUT2D eigenvalue weighted by Crippen LogP contribution is 2.33. The van der Waals surface area contributed by atoms with Crippen LogP contribution in [0.1, 0.15) is 23.7 Å². The van der Waals surface area contributed by atoms with Crippen LogP contribution in [-0.4, -0.2) is 35.5 Å². The van der Waals surface area contributed by atoms with Gasteiger partial charge < -0.3 is 10.1 Å². The predicted octanol–water partition coefficient (Wildman–Crippen LogP) is 5.21. The van der Waals surface area contributed by atoms with E-state index in [0.29, 0.717) is 5.75 Å². The minimum absolute atomic E-state index is 0.0204. The lowest BCUT2D eigenvalue weighted by atomic mass is 9.98. The number of hydrogen-bond donors (Lipinski definition) is 1. The minimum atomic E-state index is -0.236. The molecule has 1 N–H and O–H groups in total. The molecule has 1 aliphatic heterocycles. The molecule has 0 bridgehead atoms. The van der Waals surface area contributed by atoms with Gasteiger partial charge in [-0.2, -0.15) is 0 Å². The van der Waals surface area contributed by atoms with Gasteiger partial charge in [0.05, 0.1) is 13.2 Å². The molecule has 3 aromatic rings. The van der Waals surface area contributed by atoms with E-state index in [1.54, 1.807) is 13.3 Å². The molecule has 160 valence electrons. The lowest BCUT2D eigenvalue weighted by molar-refractivity contribution is -0.121. The number of nitrogens with one attached hydrogen (secondary N) is 1. The van der Waals surface area contributed by atoms with E-state index in [4.69, 9.17) is 4.74 Å². The molecule has 5 nitrogen and oxygen atoms in total. The number of carbonyl (C=O) groups excluding carboxylic acids is 1. The molecule has 1 amide bonds. The minimum Gasteiger partial charge on any atom is -0.496 e. The molecular weight excluding hydrogens is 454 g/mol. The number of rotatable bonds is 5. The fourth-order valence-electron chi connectivity index (χ4n) is 4.01. The molecule has 0 aliphatic carbocycles. The number of amides is 1. The Morgan fingerprint density at radius 3 is 2.77 bits per heavy atom. The smallest absolute Gasteiger partial charge is 0.241 e. The van der Waals surface area contributed by atoms with Crippen LogP contribution < -0.4 is 10.1 Å². The van der Waals surface area contributed by atoms with Crippen LogP contribution in [0.2, 0.25) is 0 Å². The van der Waals surface area contributed by atoms with Crippen LogP contribution in [0.3, 0.4) is 0 Å². The molecular formula is C25H26BrN3O2. The van der Waals surface area contributed by atoms with Crippen molar-refractivity contribution in [2.75, 3.05) is 19.0 Å². The maximum atomic E-state index is 13.0. The average molecular weight is 480 g/mol. The summed E-state index contributed by atoms with van der Waals surface area (Å²) in [5, 5.41) is 3.06. The van der Waals surface area contributed by atoms with E-state index in [1.165, 1.54) is 11.1 Å². The number of pyridine rings is 1. The SMILES string of the molecule is COc1cc(NC(=O)C(C)N2CCc3ccc(Br)cc3C2)ccc1-c1ccnc(C)c1. The highest BCUT2D eigenvalue weighted by molar-refractivity contribution is 9.10. The second-order valence-corrected chi connectivity index (χ2v) is 8.82. The zero-order valence-corrected chi connectivity index (χ0v) is 19.6. The maximum Gasteiger partial charge on any atom is 0.241 e. The molecule has 2 aromatic carbocycles. The van der Waals surface area contributed by atoms with Crippen LogP contribution in [0.5, 0.6) is 5.75 Å². The summed E-state index contributed by atoms with van der Waals surface area (Å²) in [5.41, 5.74) is 6.31. The number of methoxy groups -OCH3 is 1. The Hall–Kier alpha value is -2.70. The van der Waals surface area contributed by atoms with Gasteiger partial charge >= 0.3 is 0 Å². The fourth-order valence-corrected chi connectivity index (χ4v) is 4.42. The van der Waals surface area contributed by atoms with Crippen LogP contribution >= 0.6 is 15.9 Å². The Morgan fingerprint density at radius 2 is 2.00 bits per heavy atom. The highest BCUT2D eigenvalue weighted by atomic mass is 79.9. The van der Waals surface area contributed by atoms with Crippen molar-refractivity contribution < 1.29 is 9.53 Å². The summed E-state index contributed by atoms with van der Waals surface area (Å²) < 4.78 is 6.67. The number of halogens is 1. The van der Waals surface area contributed by atoms with Crippen molar-refractivity contribution in [2.45, 2.75) is 32.9 Å². The molecule has 4 rings (SSSR count). The summed E-state index contributed by atoms with van der Waals surface area (Å²) in [4.78, 5) is 19.5. The van der Waals surface area contributed by atoms with Gasteiger partial charge in [0, 0.05) is 46.8 Å². The number of aromatic nitrogens is 1. The zero-order chi connectivity index (χ0) is 22.0. The molecule has 0 saturated carbocycles. The first-order valence-corrected chi connectivity index (χ1v) is 11.2. The van der Waals surface area contributed by atoms with E-state index in [9.17, 15) is 4.79 Å². The molecule has 1 atom stereocenters. The Morgan fingerprint density at radius 1 is 1.16 bits per heavy atom. The van der Waals surface area contributed by atoms with Gasteiger partial charge in [-0.15, -0.1) is 0 Å². The fraction of sp³-hybridized carbons (Fsp3) is 0.280. The Balaban J connectivity index is 1.48. The summed E-state index contributed by atoms with van der Waals surface area (Å²) in [6.07, 6.45) is 2.74.